The lowest BCUT2D eigenvalue weighted by molar-refractivity contribution is -0.211. The second-order valence-corrected chi connectivity index (χ2v) is 11.7. The van der Waals surface area contributed by atoms with E-state index in [4.69, 9.17) is 16.3 Å². The quantitative estimate of drug-likeness (QED) is 0.353. The lowest BCUT2D eigenvalue weighted by Crippen LogP contribution is -2.63. The van der Waals surface area contributed by atoms with Gasteiger partial charge in [-0.3, -0.25) is 9.59 Å². The molecule has 1 unspecified atom stereocenters. The minimum atomic E-state index is -2.08. The molecule has 4 N–H and O–H groups in total. The van der Waals surface area contributed by atoms with E-state index in [0.29, 0.717) is 19.3 Å². The molecular weight excluding hydrogens is 412 g/mol. The van der Waals surface area contributed by atoms with E-state index in [-0.39, 0.29) is 12.3 Å². The largest absolute Gasteiger partial charge is 0.451 e. The van der Waals surface area contributed by atoms with Gasteiger partial charge in [0.2, 0.25) is 0 Å². The van der Waals surface area contributed by atoms with Crippen LogP contribution in [0, 0.1) is 28.6 Å². The third kappa shape index (κ3) is 2.42. The standard InChI is InChI=1S/C22H33ClO7/c1-10(24)30-17-16(26)21-8-11(19(4,27)9-21)6-7-12(21)20(5,28)14-13(23)15(25)18(2,3)22(14,17)29/h11-15,17,25,27-29H,6-9H2,1-5H3/t11-,12-,13+,14-,15-,17+,19+,20+,21?,22-/m0/s1. The number of ether oxygens (including phenoxy) is 1. The first-order chi connectivity index (χ1) is 13.5. The summed E-state index contributed by atoms with van der Waals surface area (Å²) in [6, 6.07) is 0. The van der Waals surface area contributed by atoms with Gasteiger partial charge in [0, 0.05) is 29.6 Å². The van der Waals surface area contributed by atoms with Crippen LogP contribution in [0.5, 0.6) is 0 Å². The van der Waals surface area contributed by atoms with Crippen LogP contribution in [0.15, 0.2) is 0 Å². The van der Waals surface area contributed by atoms with Gasteiger partial charge in [0.15, 0.2) is 11.9 Å². The Bertz CT molecular complexity index is 792. The van der Waals surface area contributed by atoms with Crippen molar-refractivity contribution in [2.45, 2.75) is 94.7 Å². The summed E-state index contributed by atoms with van der Waals surface area (Å²) in [5.41, 5.74) is -7.30. The van der Waals surface area contributed by atoms with Crippen LogP contribution in [0.3, 0.4) is 0 Å². The van der Waals surface area contributed by atoms with Gasteiger partial charge in [-0.15, -0.1) is 11.6 Å². The third-order valence-corrected chi connectivity index (χ3v) is 9.74. The summed E-state index contributed by atoms with van der Waals surface area (Å²) in [7, 11) is 0. The maximum atomic E-state index is 14.1. The Labute approximate surface area is 181 Å². The average Bonchev–Trinajstić information content (AvgIpc) is 2.88. The van der Waals surface area contributed by atoms with Gasteiger partial charge < -0.3 is 25.2 Å². The zero-order valence-corrected chi connectivity index (χ0v) is 18.9. The van der Waals surface area contributed by atoms with Crippen molar-refractivity contribution in [3.63, 3.8) is 0 Å². The molecule has 0 radical (unpaired) electrons. The SMILES string of the molecule is CC(=O)O[C@@H]1C(=O)C23C[C@H](CC[C@H]2[C@@](C)(O)[C@@H]2[C@@H](Cl)[C@H](O)C(C)(C)[C@@]12O)[C@](C)(O)C3. The molecule has 0 aromatic heterocycles. The Hall–Kier alpha value is -0.730. The summed E-state index contributed by atoms with van der Waals surface area (Å²) in [5, 5.41) is 44.9. The monoisotopic (exact) mass is 444 g/mol. The van der Waals surface area contributed by atoms with Gasteiger partial charge in [0.25, 0.3) is 0 Å². The molecule has 0 aliphatic heterocycles. The lowest BCUT2D eigenvalue weighted by Gasteiger charge is -2.49. The Kier molecular flexibility index (Phi) is 4.64. The Morgan fingerprint density at radius 2 is 1.73 bits per heavy atom. The van der Waals surface area contributed by atoms with Crippen LogP contribution >= 0.6 is 11.6 Å². The van der Waals surface area contributed by atoms with Gasteiger partial charge in [-0.05, 0) is 45.4 Å². The molecule has 0 heterocycles. The average molecular weight is 445 g/mol. The number of carbonyl (C=O) groups excluding carboxylic acids is 2. The molecule has 0 saturated heterocycles. The van der Waals surface area contributed by atoms with Gasteiger partial charge in [-0.2, -0.15) is 0 Å². The Morgan fingerprint density at radius 3 is 2.30 bits per heavy atom. The summed E-state index contributed by atoms with van der Waals surface area (Å²) < 4.78 is 5.49. The van der Waals surface area contributed by atoms with E-state index in [1.165, 1.54) is 0 Å². The number of aliphatic hydroxyl groups is 4. The predicted octanol–water partition coefficient (Wildman–Crippen LogP) is 1.16. The number of rotatable bonds is 1. The number of hydrogen-bond acceptors (Lipinski definition) is 7. The predicted molar refractivity (Wildman–Crippen MR) is 108 cm³/mol. The molecule has 7 nitrogen and oxygen atoms in total. The Balaban J connectivity index is 2.00. The molecule has 2 bridgehead atoms. The van der Waals surface area contributed by atoms with Crippen LogP contribution < -0.4 is 0 Å². The van der Waals surface area contributed by atoms with Crippen LogP contribution in [-0.4, -0.2) is 66.6 Å². The van der Waals surface area contributed by atoms with Crippen molar-refractivity contribution in [2.75, 3.05) is 0 Å². The first kappa shape index (κ1) is 22.5. The molecule has 30 heavy (non-hydrogen) atoms. The number of fused-ring (bicyclic) bond motifs is 2. The van der Waals surface area contributed by atoms with Crippen molar-refractivity contribution in [3.8, 4) is 0 Å². The van der Waals surface area contributed by atoms with Gasteiger partial charge in [-0.25, -0.2) is 0 Å². The van der Waals surface area contributed by atoms with E-state index in [1.54, 1.807) is 27.7 Å². The number of aliphatic hydroxyl groups excluding tert-OH is 1. The van der Waals surface area contributed by atoms with Crippen molar-refractivity contribution >= 4 is 23.4 Å². The van der Waals surface area contributed by atoms with Crippen LogP contribution in [0.4, 0.5) is 0 Å². The molecule has 0 aromatic carbocycles. The van der Waals surface area contributed by atoms with E-state index in [9.17, 15) is 30.0 Å². The fourth-order valence-electron chi connectivity index (χ4n) is 7.76. The van der Waals surface area contributed by atoms with Crippen LogP contribution in [0.1, 0.15) is 60.3 Å². The summed E-state index contributed by atoms with van der Waals surface area (Å²) in [6.07, 6.45) is -1.25. The van der Waals surface area contributed by atoms with Crippen LogP contribution in [0.25, 0.3) is 0 Å². The van der Waals surface area contributed by atoms with Gasteiger partial charge >= 0.3 is 5.97 Å². The molecule has 4 rings (SSSR count). The number of carbonyl (C=O) groups is 2. The van der Waals surface area contributed by atoms with Crippen molar-refractivity contribution in [2.24, 2.45) is 28.6 Å². The van der Waals surface area contributed by atoms with Crippen molar-refractivity contribution in [1.29, 1.82) is 0 Å². The number of alkyl halides is 1. The maximum absolute atomic E-state index is 14.1. The van der Waals surface area contributed by atoms with Crippen molar-refractivity contribution < 1.29 is 34.8 Å². The van der Waals surface area contributed by atoms with Crippen molar-refractivity contribution in [3.05, 3.63) is 0 Å². The Morgan fingerprint density at radius 1 is 1.13 bits per heavy atom. The van der Waals surface area contributed by atoms with Crippen LogP contribution in [0.2, 0.25) is 0 Å². The number of Topliss-reactive ketones (excluding diaryl/α,β-unsaturated/α-hetero) is 1. The zero-order chi connectivity index (χ0) is 22.7. The van der Waals surface area contributed by atoms with E-state index in [1.807, 2.05) is 0 Å². The van der Waals surface area contributed by atoms with Crippen molar-refractivity contribution in [1.82, 2.24) is 0 Å². The highest BCUT2D eigenvalue weighted by molar-refractivity contribution is 6.22. The molecular formula is C22H33ClO7. The molecule has 0 aromatic rings. The molecule has 4 aliphatic carbocycles. The topological polar surface area (TPSA) is 124 Å². The van der Waals surface area contributed by atoms with Gasteiger partial charge in [-0.1, -0.05) is 13.8 Å². The number of ketones is 1. The summed E-state index contributed by atoms with van der Waals surface area (Å²) in [5.74, 6) is -3.06. The minimum Gasteiger partial charge on any atom is -0.451 e. The van der Waals surface area contributed by atoms with E-state index in [2.05, 4.69) is 0 Å². The lowest BCUT2D eigenvalue weighted by atomic mass is 9.58. The third-order valence-electron chi connectivity index (χ3n) is 9.25. The fraction of sp³-hybridized carbons (Fsp3) is 0.909. The van der Waals surface area contributed by atoms with Crippen LogP contribution in [-0.2, 0) is 14.3 Å². The highest BCUT2D eigenvalue weighted by Gasteiger charge is 2.80. The number of halogens is 1. The molecule has 4 aliphatic rings. The normalized spacial score (nSPS) is 56.8. The molecule has 1 spiro atoms. The highest BCUT2D eigenvalue weighted by atomic mass is 35.5. The van der Waals surface area contributed by atoms with E-state index in [0.717, 1.165) is 6.92 Å². The second kappa shape index (κ2) is 6.19. The van der Waals surface area contributed by atoms with E-state index >= 15 is 0 Å². The first-order valence-corrected chi connectivity index (χ1v) is 11.2. The first-order valence-electron chi connectivity index (χ1n) is 10.8. The fourth-order valence-corrected chi connectivity index (χ4v) is 8.53. The van der Waals surface area contributed by atoms with Gasteiger partial charge in [0.05, 0.1) is 22.7 Å². The molecule has 170 valence electrons. The summed E-state index contributed by atoms with van der Waals surface area (Å²) in [6.45, 7) is 7.58. The minimum absolute atomic E-state index is 0.121. The molecule has 4 saturated carbocycles. The van der Waals surface area contributed by atoms with E-state index < -0.39 is 68.8 Å². The summed E-state index contributed by atoms with van der Waals surface area (Å²) in [4.78, 5) is 26.2. The maximum Gasteiger partial charge on any atom is 0.303 e. The zero-order valence-electron chi connectivity index (χ0n) is 18.2. The molecule has 0 amide bonds. The smallest absolute Gasteiger partial charge is 0.303 e. The summed E-state index contributed by atoms with van der Waals surface area (Å²) >= 11 is 6.63. The highest BCUT2D eigenvalue weighted by Crippen LogP contribution is 2.69. The number of hydrogen-bond donors (Lipinski definition) is 4. The molecule has 8 heteroatoms. The molecule has 10 atom stereocenters. The second-order valence-electron chi connectivity index (χ2n) is 11.2. The number of esters is 1. The molecule has 4 fully saturated rings. The van der Waals surface area contributed by atoms with Gasteiger partial charge in [0.1, 0.15) is 5.60 Å².